The summed E-state index contributed by atoms with van der Waals surface area (Å²) >= 11 is -2.71. The summed E-state index contributed by atoms with van der Waals surface area (Å²) in [6.45, 7) is 0. The Balaban J connectivity index is 2.03. The molecular formula is C22H16N3O6S2-. The molecule has 0 spiro atoms. The van der Waals surface area contributed by atoms with Crippen LogP contribution in [-0.4, -0.2) is 48.6 Å². The maximum absolute atomic E-state index is 12.1. The summed E-state index contributed by atoms with van der Waals surface area (Å²) in [6.07, 6.45) is 0.956. The average Bonchev–Trinajstić information content (AvgIpc) is 2.78. The fraction of sp³-hybridized carbons (Fsp3) is 0.0455. The Morgan fingerprint density at radius 3 is 1.73 bits per heavy atom. The lowest BCUT2D eigenvalue weighted by atomic mass is 10.1. The molecule has 0 aliphatic carbocycles. The van der Waals surface area contributed by atoms with Gasteiger partial charge in [0.2, 0.25) is 0 Å². The van der Waals surface area contributed by atoms with Gasteiger partial charge < -0.3 is 14.8 Å². The minimum absolute atomic E-state index is 0.0429. The fourth-order valence-electron chi connectivity index (χ4n) is 3.08. The number of para-hydroxylation sites is 2. The van der Waals surface area contributed by atoms with Crippen molar-refractivity contribution in [3.8, 4) is 45.7 Å². The van der Waals surface area contributed by atoms with Crippen LogP contribution in [0.4, 0.5) is 0 Å². The molecule has 33 heavy (non-hydrogen) atoms. The molecule has 11 heteroatoms. The Hall–Kier alpha value is -3.67. The van der Waals surface area contributed by atoms with Crippen molar-refractivity contribution in [3.63, 3.8) is 0 Å². The topological polar surface area (TPSA) is 153 Å². The molecule has 1 heterocycles. The van der Waals surface area contributed by atoms with E-state index < -0.39 is 20.9 Å². The van der Waals surface area contributed by atoms with Crippen LogP contribution >= 0.6 is 0 Å². The molecular weight excluding hydrogens is 466 g/mol. The highest BCUT2D eigenvalue weighted by Gasteiger charge is 2.18. The van der Waals surface area contributed by atoms with Crippen molar-refractivity contribution >= 4 is 20.9 Å². The number of sulfone groups is 1. The van der Waals surface area contributed by atoms with Crippen molar-refractivity contribution in [2.24, 2.45) is 0 Å². The zero-order valence-electron chi connectivity index (χ0n) is 17.0. The van der Waals surface area contributed by atoms with E-state index in [9.17, 15) is 27.4 Å². The largest absolute Gasteiger partial charge is 0.768 e. The number of phenols is 2. The minimum atomic E-state index is -3.75. The van der Waals surface area contributed by atoms with Crippen LogP contribution in [0, 0.1) is 0 Å². The molecule has 0 aliphatic rings. The molecule has 0 saturated heterocycles. The number of benzene rings is 3. The van der Waals surface area contributed by atoms with Crippen molar-refractivity contribution < 1.29 is 27.4 Å². The molecule has 3 aromatic carbocycles. The number of hydrogen-bond acceptors (Lipinski definition) is 9. The summed E-state index contributed by atoms with van der Waals surface area (Å²) in [6, 6.07) is 16.2. The van der Waals surface area contributed by atoms with Gasteiger partial charge in [-0.15, -0.1) is 0 Å². The summed E-state index contributed by atoms with van der Waals surface area (Å²) in [5.41, 5.74) is 0.641. The summed E-state index contributed by atoms with van der Waals surface area (Å²) in [5, 5.41) is 20.6. The Bertz CT molecular complexity index is 1440. The summed E-state index contributed by atoms with van der Waals surface area (Å²) in [5.74, 6) is -0.163. The first kappa shape index (κ1) is 22.5. The molecule has 0 radical (unpaired) electrons. The van der Waals surface area contributed by atoms with Gasteiger partial charge in [-0.3, -0.25) is 4.21 Å². The van der Waals surface area contributed by atoms with E-state index >= 15 is 0 Å². The third-order valence-corrected chi connectivity index (χ3v) is 6.40. The molecule has 168 valence electrons. The average molecular weight is 483 g/mol. The molecule has 4 aromatic rings. The lowest BCUT2D eigenvalue weighted by Gasteiger charge is -2.13. The summed E-state index contributed by atoms with van der Waals surface area (Å²) in [7, 11) is -3.75. The number of rotatable bonds is 5. The minimum Gasteiger partial charge on any atom is -0.768 e. The van der Waals surface area contributed by atoms with Gasteiger partial charge in [-0.1, -0.05) is 24.3 Å². The first-order chi connectivity index (χ1) is 15.6. The molecule has 2 N–H and O–H groups in total. The molecule has 0 bridgehead atoms. The highest BCUT2D eigenvalue weighted by Crippen LogP contribution is 2.33. The van der Waals surface area contributed by atoms with E-state index in [4.69, 9.17) is 0 Å². The normalized spacial score (nSPS) is 12.4. The zero-order chi connectivity index (χ0) is 23.8. The van der Waals surface area contributed by atoms with Crippen LogP contribution in [0.25, 0.3) is 34.2 Å². The fourth-order valence-corrected chi connectivity index (χ4v) is 4.29. The van der Waals surface area contributed by atoms with Gasteiger partial charge in [-0.05, 0) is 53.5 Å². The monoisotopic (exact) mass is 482 g/mol. The molecule has 1 atom stereocenters. The van der Waals surface area contributed by atoms with Crippen LogP contribution in [-0.2, 0) is 20.9 Å². The van der Waals surface area contributed by atoms with Crippen LogP contribution in [0.15, 0.2) is 76.5 Å². The van der Waals surface area contributed by atoms with Crippen molar-refractivity contribution in [1.82, 2.24) is 15.0 Å². The van der Waals surface area contributed by atoms with Crippen LogP contribution in [0.3, 0.4) is 0 Å². The van der Waals surface area contributed by atoms with Crippen LogP contribution in [0.5, 0.6) is 11.5 Å². The summed E-state index contributed by atoms with van der Waals surface area (Å²) in [4.78, 5) is 12.6. The van der Waals surface area contributed by atoms with E-state index in [-0.39, 0.29) is 55.5 Å². The predicted octanol–water partition coefficient (Wildman–Crippen LogP) is 2.93. The number of aromatic hydroxyl groups is 2. The molecule has 9 nitrogen and oxygen atoms in total. The van der Waals surface area contributed by atoms with Gasteiger partial charge in [0, 0.05) is 16.7 Å². The van der Waals surface area contributed by atoms with Crippen molar-refractivity contribution in [1.29, 1.82) is 0 Å². The van der Waals surface area contributed by atoms with E-state index in [1.54, 1.807) is 36.4 Å². The lowest BCUT2D eigenvalue weighted by molar-refractivity contribution is 0.477. The first-order valence-corrected chi connectivity index (χ1v) is 12.4. The van der Waals surface area contributed by atoms with Gasteiger partial charge in [0.1, 0.15) is 11.5 Å². The second-order valence-electron chi connectivity index (χ2n) is 7.04. The molecule has 0 fully saturated rings. The summed E-state index contributed by atoms with van der Waals surface area (Å²) < 4.78 is 47.5. The Morgan fingerprint density at radius 2 is 1.27 bits per heavy atom. The van der Waals surface area contributed by atoms with Gasteiger partial charge in [0.15, 0.2) is 27.3 Å². The number of phenolic OH excluding ortho intramolecular Hbond substituents is 2. The van der Waals surface area contributed by atoms with Gasteiger partial charge in [0.05, 0.1) is 16.0 Å². The lowest BCUT2D eigenvalue weighted by Crippen LogP contribution is -2.04. The maximum Gasteiger partial charge on any atom is 0.175 e. The van der Waals surface area contributed by atoms with Gasteiger partial charge in [-0.25, -0.2) is 23.4 Å². The number of aromatic nitrogens is 3. The van der Waals surface area contributed by atoms with E-state index in [1.807, 2.05) is 0 Å². The first-order valence-electron chi connectivity index (χ1n) is 9.41. The van der Waals surface area contributed by atoms with E-state index in [0.29, 0.717) is 0 Å². The zero-order valence-corrected chi connectivity index (χ0v) is 18.7. The van der Waals surface area contributed by atoms with Crippen LogP contribution < -0.4 is 0 Å². The van der Waals surface area contributed by atoms with Gasteiger partial charge >= 0.3 is 0 Å². The molecule has 1 unspecified atom stereocenters. The van der Waals surface area contributed by atoms with Gasteiger partial charge in [0.25, 0.3) is 0 Å². The van der Waals surface area contributed by atoms with Gasteiger partial charge in [-0.2, -0.15) is 0 Å². The molecule has 0 aliphatic heterocycles. The number of hydrogen-bond donors (Lipinski definition) is 2. The smallest absolute Gasteiger partial charge is 0.175 e. The SMILES string of the molecule is CS(=O)(=O)c1cc(-c2nc(-c3ccccc3O)nc(-c3ccccc3O)n2)cc(S(=O)[O-])c1. The quantitative estimate of drug-likeness (QED) is 0.409. The maximum atomic E-state index is 12.1. The molecule has 1 aromatic heterocycles. The highest BCUT2D eigenvalue weighted by atomic mass is 32.2. The Morgan fingerprint density at radius 1 is 0.788 bits per heavy atom. The number of nitrogens with zero attached hydrogens (tertiary/aromatic N) is 3. The Labute approximate surface area is 191 Å². The molecule has 0 amide bonds. The highest BCUT2D eigenvalue weighted by molar-refractivity contribution is 7.90. The Kier molecular flexibility index (Phi) is 5.93. The third kappa shape index (κ3) is 4.75. The van der Waals surface area contributed by atoms with E-state index in [2.05, 4.69) is 15.0 Å². The second kappa shape index (κ2) is 8.70. The standard InChI is InChI=1S/C22H17N3O6S2/c1-33(30,31)15-11-13(10-14(12-15)32(28)29)20-23-21(16-6-2-4-8-18(16)26)25-22(24-20)17-7-3-5-9-19(17)27/h2-12,26-27H,1H3,(H,28,29)/p-1. The van der Waals surface area contributed by atoms with E-state index in [1.165, 1.54) is 24.3 Å². The molecule has 0 saturated carbocycles. The van der Waals surface area contributed by atoms with E-state index in [0.717, 1.165) is 12.3 Å². The van der Waals surface area contributed by atoms with Crippen LogP contribution in [0.1, 0.15) is 0 Å². The molecule has 4 rings (SSSR count). The van der Waals surface area contributed by atoms with Crippen molar-refractivity contribution in [2.45, 2.75) is 9.79 Å². The predicted molar refractivity (Wildman–Crippen MR) is 120 cm³/mol. The van der Waals surface area contributed by atoms with Crippen LogP contribution in [0.2, 0.25) is 0 Å². The second-order valence-corrected chi connectivity index (χ2v) is 10.00. The third-order valence-electron chi connectivity index (χ3n) is 4.68. The van der Waals surface area contributed by atoms with Crippen molar-refractivity contribution in [3.05, 3.63) is 66.7 Å². The van der Waals surface area contributed by atoms with Crippen molar-refractivity contribution in [2.75, 3.05) is 6.26 Å².